The Bertz CT molecular complexity index is 1720. The summed E-state index contributed by atoms with van der Waals surface area (Å²) in [6.45, 7) is -0.577. The van der Waals surface area contributed by atoms with Crippen LogP contribution in [0.3, 0.4) is 0 Å². The second-order valence-corrected chi connectivity index (χ2v) is 11.3. The highest BCUT2D eigenvalue weighted by molar-refractivity contribution is 7.91. The maximum Gasteiger partial charge on any atom is 0.340 e. The van der Waals surface area contributed by atoms with Crippen LogP contribution in [-0.4, -0.2) is 59.0 Å². The van der Waals surface area contributed by atoms with E-state index in [0.29, 0.717) is 0 Å². The van der Waals surface area contributed by atoms with Gasteiger partial charge in [-0.1, -0.05) is 12.1 Å². The molecule has 3 aromatic carbocycles. The van der Waals surface area contributed by atoms with Crippen molar-refractivity contribution in [3.8, 4) is 5.75 Å². The predicted molar refractivity (Wildman–Crippen MR) is 143 cm³/mol. The number of aliphatic hydroxyl groups excluding tert-OH is 1. The highest BCUT2D eigenvalue weighted by atomic mass is 32.2. The molecule has 6 N–H and O–H groups in total. The van der Waals surface area contributed by atoms with Gasteiger partial charge in [0.25, 0.3) is 10.1 Å². The van der Waals surface area contributed by atoms with Crippen molar-refractivity contribution >= 4 is 60.0 Å². The molecule has 3 rings (SSSR count). The smallest absolute Gasteiger partial charge is 0.340 e. The van der Waals surface area contributed by atoms with Crippen LogP contribution < -0.4 is 16.2 Å². The van der Waals surface area contributed by atoms with E-state index in [1.165, 1.54) is 44.6 Å². The molecule has 0 bridgehead atoms. The van der Waals surface area contributed by atoms with Crippen molar-refractivity contribution in [2.75, 3.05) is 38.0 Å². The van der Waals surface area contributed by atoms with Crippen molar-refractivity contribution in [2.45, 2.75) is 9.79 Å². The fraction of sp³-hybridized carbons (Fsp3) is 0.174. The lowest BCUT2D eigenvalue weighted by Gasteiger charge is -2.11. The van der Waals surface area contributed by atoms with Crippen molar-refractivity contribution < 1.29 is 40.8 Å². The quantitative estimate of drug-likeness (QED) is 0.115. The van der Waals surface area contributed by atoms with Crippen LogP contribution in [0.5, 0.6) is 5.75 Å². The average molecular weight is 593 g/mol. The third-order valence-electron chi connectivity index (χ3n) is 5.30. The summed E-state index contributed by atoms with van der Waals surface area (Å²) in [4.78, 5) is 11.1. The molecule has 0 aliphatic heterocycles. The lowest BCUT2D eigenvalue weighted by molar-refractivity contribution is 0.0601. The zero-order valence-corrected chi connectivity index (χ0v) is 22.7. The maximum absolute atomic E-state index is 12.3. The van der Waals surface area contributed by atoms with Crippen LogP contribution in [0.15, 0.2) is 78.8 Å². The van der Waals surface area contributed by atoms with Crippen molar-refractivity contribution in [1.29, 1.82) is 0 Å². The molecule has 0 aromatic heterocycles. The predicted octanol–water partition coefficient (Wildman–Crippen LogP) is 3.49. The van der Waals surface area contributed by atoms with E-state index in [1.54, 1.807) is 12.1 Å². The second kappa shape index (κ2) is 12.2. The molecular formula is C23H24N6O9S2. The highest BCUT2D eigenvalue weighted by Crippen LogP contribution is 2.43. The molecule has 0 heterocycles. The van der Waals surface area contributed by atoms with E-state index in [4.69, 9.17) is 26.0 Å². The zero-order valence-electron chi connectivity index (χ0n) is 21.0. The van der Waals surface area contributed by atoms with Gasteiger partial charge in [0.1, 0.15) is 33.4 Å². The highest BCUT2D eigenvalue weighted by Gasteiger charge is 2.23. The van der Waals surface area contributed by atoms with E-state index < -0.39 is 48.9 Å². The number of hydrogen-bond acceptors (Lipinski definition) is 14. The lowest BCUT2D eigenvalue weighted by Crippen LogP contribution is -2.10. The first kappa shape index (κ1) is 30.1. The Kier molecular flexibility index (Phi) is 9.15. The number of nitrogens with two attached hydrogens (primary N) is 2. The first-order valence-corrected chi connectivity index (χ1v) is 14.1. The number of azo groups is 2. The van der Waals surface area contributed by atoms with E-state index in [2.05, 4.69) is 20.5 Å². The van der Waals surface area contributed by atoms with Gasteiger partial charge in [-0.05, 0) is 30.3 Å². The fourth-order valence-corrected chi connectivity index (χ4v) is 4.97. The molecule has 212 valence electrons. The monoisotopic (exact) mass is 592 g/mol. The molecular weight excluding hydrogens is 568 g/mol. The van der Waals surface area contributed by atoms with Crippen LogP contribution in [0.4, 0.5) is 34.1 Å². The molecule has 0 atom stereocenters. The second-order valence-electron chi connectivity index (χ2n) is 7.83. The Morgan fingerprint density at radius 2 is 1.52 bits per heavy atom. The lowest BCUT2D eigenvalue weighted by atomic mass is 10.2. The number of carbonyl (C=O) groups excluding carboxylic acids is 1. The Morgan fingerprint density at radius 3 is 2.15 bits per heavy atom. The molecule has 40 heavy (non-hydrogen) atoms. The van der Waals surface area contributed by atoms with E-state index in [0.717, 1.165) is 6.07 Å². The van der Waals surface area contributed by atoms with Gasteiger partial charge in [-0.25, -0.2) is 13.2 Å². The minimum Gasteiger partial charge on any atom is -0.494 e. The summed E-state index contributed by atoms with van der Waals surface area (Å²) in [5.74, 6) is -1.22. The van der Waals surface area contributed by atoms with Gasteiger partial charge in [-0.2, -0.15) is 8.42 Å². The topological polar surface area (TPSA) is 246 Å². The normalized spacial score (nSPS) is 12.2. The summed E-state index contributed by atoms with van der Waals surface area (Å²) in [6, 6.07) is 10.5. The molecule has 0 aliphatic carbocycles. The largest absolute Gasteiger partial charge is 0.494 e. The van der Waals surface area contributed by atoms with Crippen LogP contribution in [0.2, 0.25) is 0 Å². The van der Waals surface area contributed by atoms with Crippen molar-refractivity contribution in [3.63, 3.8) is 0 Å². The third-order valence-corrected chi connectivity index (χ3v) is 7.89. The van der Waals surface area contributed by atoms with Crippen molar-refractivity contribution in [1.82, 2.24) is 0 Å². The molecule has 0 aliphatic rings. The van der Waals surface area contributed by atoms with Crippen LogP contribution in [0.25, 0.3) is 0 Å². The van der Waals surface area contributed by atoms with Gasteiger partial charge < -0.3 is 26.0 Å². The Balaban J connectivity index is 2.14. The van der Waals surface area contributed by atoms with Crippen LogP contribution in [0.1, 0.15) is 10.4 Å². The SMILES string of the molecule is COC(=O)c1ccccc1N=Nc1c(N)c(N=Nc2ccc(S(=O)(=O)CCO)cc2OC)cc(S(=O)(=O)O)c1N. The van der Waals surface area contributed by atoms with Crippen LogP contribution in [-0.2, 0) is 24.7 Å². The number of hydrogen-bond donors (Lipinski definition) is 4. The van der Waals surface area contributed by atoms with Crippen LogP contribution in [0, 0.1) is 0 Å². The molecule has 3 aromatic rings. The zero-order chi connectivity index (χ0) is 29.7. The van der Waals surface area contributed by atoms with Gasteiger partial charge in [0.05, 0.1) is 48.4 Å². The molecule has 0 unspecified atom stereocenters. The first-order chi connectivity index (χ1) is 18.8. The van der Waals surface area contributed by atoms with Gasteiger partial charge in [0.2, 0.25) is 0 Å². The number of rotatable bonds is 10. The van der Waals surface area contributed by atoms with Crippen molar-refractivity contribution in [2.24, 2.45) is 20.5 Å². The standard InChI is InChI=1S/C23H24N6O9S2/c1-37-18-11-13(39(32,33)10-9-30)7-8-16(18)27-28-17-12-19(40(34,35)36)21(25)22(20(17)24)29-26-15-6-4-3-5-14(15)23(31)38-2/h3-8,11-12,30H,9-10,24-25H2,1-2H3,(H,34,35,36). The third kappa shape index (κ3) is 6.57. The van der Waals surface area contributed by atoms with Gasteiger partial charge in [0.15, 0.2) is 9.84 Å². The van der Waals surface area contributed by atoms with E-state index >= 15 is 0 Å². The first-order valence-electron chi connectivity index (χ1n) is 11.1. The van der Waals surface area contributed by atoms with E-state index in [9.17, 15) is 26.2 Å². The van der Waals surface area contributed by atoms with Crippen LogP contribution >= 0.6 is 0 Å². The minimum absolute atomic E-state index is 0.00823. The number of aliphatic hydroxyl groups is 1. The van der Waals surface area contributed by atoms with Gasteiger partial charge in [-0.3, -0.25) is 4.55 Å². The number of ether oxygens (including phenoxy) is 2. The number of nitrogen functional groups attached to an aromatic ring is 2. The minimum atomic E-state index is -4.90. The Labute approximate surface area is 228 Å². The number of anilines is 2. The maximum atomic E-state index is 12.3. The van der Waals surface area contributed by atoms with Gasteiger partial charge in [-0.15, -0.1) is 20.5 Å². The van der Waals surface area contributed by atoms with E-state index in [1.807, 2.05) is 0 Å². The molecule has 0 spiro atoms. The molecule has 0 radical (unpaired) electrons. The summed E-state index contributed by atoms with van der Waals surface area (Å²) in [5, 5.41) is 24.7. The van der Waals surface area contributed by atoms with E-state index in [-0.39, 0.29) is 44.6 Å². The Hall–Kier alpha value is -4.45. The Morgan fingerprint density at radius 1 is 0.875 bits per heavy atom. The number of benzene rings is 3. The van der Waals surface area contributed by atoms with Gasteiger partial charge >= 0.3 is 5.97 Å². The molecule has 0 amide bonds. The fourth-order valence-electron chi connectivity index (χ4n) is 3.29. The number of methoxy groups -OCH3 is 2. The molecule has 0 fully saturated rings. The summed E-state index contributed by atoms with van der Waals surface area (Å²) >= 11 is 0. The number of nitrogens with zero attached hydrogens (tertiary/aromatic N) is 4. The summed E-state index contributed by atoms with van der Waals surface area (Å²) in [5.41, 5.74) is 10.7. The molecule has 0 saturated heterocycles. The molecule has 0 saturated carbocycles. The average Bonchev–Trinajstić information content (AvgIpc) is 2.91. The van der Waals surface area contributed by atoms with Gasteiger partial charge in [0, 0.05) is 6.07 Å². The van der Waals surface area contributed by atoms with Crippen molar-refractivity contribution in [3.05, 3.63) is 54.1 Å². The number of sulfone groups is 1. The summed E-state index contributed by atoms with van der Waals surface area (Å²) < 4.78 is 68.1. The molecule has 15 nitrogen and oxygen atoms in total. The summed E-state index contributed by atoms with van der Waals surface area (Å²) in [7, 11) is -6.25. The molecule has 17 heteroatoms. The summed E-state index contributed by atoms with van der Waals surface area (Å²) in [6.07, 6.45) is 0. The number of esters is 1. The number of carbonyl (C=O) groups is 1.